The van der Waals surface area contributed by atoms with Crippen molar-refractivity contribution < 1.29 is 8.78 Å². The molecule has 7 heteroatoms. The summed E-state index contributed by atoms with van der Waals surface area (Å²) in [5, 5.41) is 29.9. The molecule has 2 aromatic carbocycles. The number of hydrogen-bond acceptors (Lipinski definition) is 5. The van der Waals surface area contributed by atoms with Crippen molar-refractivity contribution in [1.82, 2.24) is 4.90 Å². The highest BCUT2D eigenvalue weighted by atomic mass is 19.2. The van der Waals surface area contributed by atoms with Crippen molar-refractivity contribution in [2.75, 3.05) is 13.1 Å². The number of benzene rings is 2. The van der Waals surface area contributed by atoms with Crippen LogP contribution in [0.3, 0.4) is 0 Å². The van der Waals surface area contributed by atoms with E-state index < -0.39 is 28.9 Å². The van der Waals surface area contributed by atoms with Crippen LogP contribution >= 0.6 is 0 Å². The van der Waals surface area contributed by atoms with Crippen LogP contribution in [0.4, 0.5) is 8.78 Å². The molecule has 32 heavy (non-hydrogen) atoms. The first-order valence-electron chi connectivity index (χ1n) is 10.1. The molecule has 2 N–H and O–H groups in total. The molecule has 2 unspecified atom stereocenters. The largest absolute Gasteiger partial charge is 0.399 e. The third kappa shape index (κ3) is 3.32. The Morgan fingerprint density at radius 3 is 2.38 bits per heavy atom. The Balaban J connectivity index is 1.86. The van der Waals surface area contributed by atoms with Crippen LogP contribution in [0.1, 0.15) is 17.0 Å². The van der Waals surface area contributed by atoms with Crippen molar-refractivity contribution in [3.63, 3.8) is 0 Å². The molecule has 0 saturated heterocycles. The van der Waals surface area contributed by atoms with E-state index >= 15 is 0 Å². The lowest BCUT2D eigenvalue weighted by Gasteiger charge is -2.45. The maximum atomic E-state index is 14.2. The summed E-state index contributed by atoms with van der Waals surface area (Å²) < 4.78 is 27.8. The van der Waals surface area contributed by atoms with Gasteiger partial charge in [0.15, 0.2) is 17.0 Å². The van der Waals surface area contributed by atoms with Gasteiger partial charge in [-0.25, -0.2) is 8.78 Å². The van der Waals surface area contributed by atoms with E-state index in [2.05, 4.69) is 11.0 Å². The number of halogens is 2. The molecule has 4 rings (SSSR count). The summed E-state index contributed by atoms with van der Waals surface area (Å²) in [4.78, 5) is 2.13. The van der Waals surface area contributed by atoms with Gasteiger partial charge in [0.25, 0.3) is 0 Å². The van der Waals surface area contributed by atoms with E-state index in [9.17, 15) is 24.6 Å². The van der Waals surface area contributed by atoms with E-state index in [4.69, 9.17) is 5.73 Å². The molecule has 0 bridgehead atoms. The Morgan fingerprint density at radius 2 is 1.75 bits per heavy atom. The van der Waals surface area contributed by atoms with Crippen molar-refractivity contribution in [2.45, 2.75) is 12.5 Å². The molecule has 0 saturated carbocycles. The number of fused-ring (bicyclic) bond motifs is 1. The van der Waals surface area contributed by atoms with E-state index in [1.807, 2.05) is 48.5 Å². The van der Waals surface area contributed by atoms with Gasteiger partial charge < -0.3 is 5.73 Å². The molecule has 0 fully saturated rings. The molecular weight excluding hydrogens is 408 g/mol. The van der Waals surface area contributed by atoms with Crippen molar-refractivity contribution >= 4 is 0 Å². The topological polar surface area (TPSA) is 101 Å². The van der Waals surface area contributed by atoms with Crippen molar-refractivity contribution in [1.29, 1.82) is 15.8 Å². The first-order chi connectivity index (χ1) is 15.4. The van der Waals surface area contributed by atoms with E-state index in [0.717, 1.165) is 17.7 Å². The minimum atomic E-state index is -1.88. The Bertz CT molecular complexity index is 1230. The standard InChI is InChI=1S/C25H19F2N5/c26-21-7-6-17(10-22(21)27)23-20-13-32(12-16-4-2-1-3-5-16)9-8-18(20)19(11-28)24(31)25(23,14-29)15-30/h1-8,10,20,23H,9,12-13,31H2. The average Bonchev–Trinajstić information content (AvgIpc) is 2.81. The highest BCUT2D eigenvalue weighted by Gasteiger charge is 2.54. The van der Waals surface area contributed by atoms with E-state index in [-0.39, 0.29) is 11.3 Å². The van der Waals surface area contributed by atoms with Crippen molar-refractivity contribution in [3.05, 3.63) is 94.2 Å². The van der Waals surface area contributed by atoms with Gasteiger partial charge in [0.1, 0.15) is 6.07 Å². The van der Waals surface area contributed by atoms with Crippen LogP contribution in [0.15, 0.2) is 71.5 Å². The molecule has 2 atom stereocenters. The number of nitrogens with zero attached hydrogens (tertiary/aromatic N) is 4. The maximum absolute atomic E-state index is 14.2. The molecule has 2 aliphatic rings. The summed E-state index contributed by atoms with van der Waals surface area (Å²) >= 11 is 0. The fraction of sp³-hybridized carbons (Fsp3) is 0.240. The lowest BCUT2D eigenvalue weighted by molar-refractivity contribution is 0.201. The number of hydrogen-bond donors (Lipinski definition) is 1. The molecule has 1 aliphatic heterocycles. The van der Waals surface area contributed by atoms with Gasteiger partial charge in [-0.3, -0.25) is 4.90 Å². The Kier molecular flexibility index (Phi) is 5.49. The van der Waals surface area contributed by atoms with Gasteiger partial charge >= 0.3 is 0 Å². The summed E-state index contributed by atoms with van der Waals surface area (Å²) in [7, 11) is 0. The fourth-order valence-corrected chi connectivity index (χ4v) is 4.79. The molecule has 0 amide bonds. The van der Waals surface area contributed by atoms with E-state index in [1.54, 1.807) is 0 Å². The summed E-state index contributed by atoms with van der Waals surface area (Å²) in [5.41, 5.74) is 6.37. The van der Waals surface area contributed by atoms with Crippen LogP contribution in [-0.2, 0) is 6.54 Å². The van der Waals surface area contributed by atoms with Crippen LogP contribution in [-0.4, -0.2) is 18.0 Å². The Morgan fingerprint density at radius 1 is 1.03 bits per heavy atom. The summed E-state index contributed by atoms with van der Waals surface area (Å²) in [6.45, 7) is 1.60. The van der Waals surface area contributed by atoms with Gasteiger partial charge in [0.05, 0.1) is 23.4 Å². The molecule has 2 aromatic rings. The fourth-order valence-electron chi connectivity index (χ4n) is 4.79. The zero-order valence-electron chi connectivity index (χ0n) is 17.1. The highest BCUT2D eigenvalue weighted by Crippen LogP contribution is 2.54. The second-order valence-corrected chi connectivity index (χ2v) is 8.03. The van der Waals surface area contributed by atoms with Crippen molar-refractivity contribution in [2.24, 2.45) is 17.1 Å². The molecular formula is C25H19F2N5. The molecule has 5 nitrogen and oxygen atoms in total. The van der Waals surface area contributed by atoms with Gasteiger partial charge in [0, 0.05) is 31.5 Å². The van der Waals surface area contributed by atoms with Gasteiger partial charge in [-0.15, -0.1) is 0 Å². The molecule has 1 heterocycles. The number of rotatable bonds is 3. The van der Waals surface area contributed by atoms with E-state index in [0.29, 0.717) is 30.8 Å². The molecule has 1 aliphatic carbocycles. The van der Waals surface area contributed by atoms with Crippen LogP contribution < -0.4 is 5.73 Å². The minimum absolute atomic E-state index is 0.122. The lowest BCUT2D eigenvalue weighted by atomic mass is 9.58. The highest BCUT2D eigenvalue weighted by molar-refractivity contribution is 5.59. The predicted molar refractivity (Wildman–Crippen MR) is 113 cm³/mol. The number of nitrogens with two attached hydrogens (primary N) is 1. The molecule has 0 radical (unpaired) electrons. The van der Waals surface area contributed by atoms with Crippen molar-refractivity contribution in [3.8, 4) is 18.2 Å². The third-order valence-corrected chi connectivity index (χ3v) is 6.29. The molecule has 0 aromatic heterocycles. The number of nitriles is 3. The molecule has 158 valence electrons. The summed E-state index contributed by atoms with van der Waals surface area (Å²) in [6, 6.07) is 19.3. The third-order valence-electron chi connectivity index (χ3n) is 6.29. The second kappa shape index (κ2) is 8.27. The van der Waals surface area contributed by atoms with E-state index in [1.165, 1.54) is 6.07 Å². The predicted octanol–water partition coefficient (Wildman–Crippen LogP) is 3.89. The first kappa shape index (κ1) is 21.2. The van der Waals surface area contributed by atoms with Crippen LogP contribution in [0, 0.1) is 57.0 Å². The lowest BCUT2D eigenvalue weighted by Crippen LogP contribution is -2.47. The van der Waals surface area contributed by atoms with Gasteiger partial charge in [-0.1, -0.05) is 42.5 Å². The van der Waals surface area contributed by atoms with Gasteiger partial charge in [-0.05, 0) is 28.8 Å². The minimum Gasteiger partial charge on any atom is -0.399 e. The van der Waals surface area contributed by atoms with Crippen LogP contribution in [0.2, 0.25) is 0 Å². The Hall–Kier alpha value is -3.99. The van der Waals surface area contributed by atoms with Gasteiger partial charge in [-0.2, -0.15) is 15.8 Å². The van der Waals surface area contributed by atoms with Crippen LogP contribution in [0.5, 0.6) is 0 Å². The summed E-state index contributed by atoms with van der Waals surface area (Å²) in [6.07, 6.45) is 1.88. The summed E-state index contributed by atoms with van der Waals surface area (Å²) in [5.74, 6) is -3.42. The quantitative estimate of drug-likeness (QED) is 0.801. The maximum Gasteiger partial charge on any atom is 0.191 e. The SMILES string of the molecule is N#CC1=C(N)C(C#N)(C#N)C(c2ccc(F)c(F)c2)C2CN(Cc3ccccc3)CC=C12. The first-order valence-corrected chi connectivity index (χ1v) is 10.1. The normalized spacial score (nSPS) is 22.2. The zero-order chi connectivity index (χ0) is 22.9. The monoisotopic (exact) mass is 427 g/mol. The molecule has 0 spiro atoms. The van der Waals surface area contributed by atoms with Crippen LogP contribution in [0.25, 0.3) is 0 Å². The zero-order valence-corrected chi connectivity index (χ0v) is 17.1. The van der Waals surface area contributed by atoms with Gasteiger partial charge in [0.2, 0.25) is 0 Å². The second-order valence-electron chi connectivity index (χ2n) is 8.03. The average molecular weight is 427 g/mol. The Labute approximate surface area is 184 Å². The smallest absolute Gasteiger partial charge is 0.191 e. The number of allylic oxidation sites excluding steroid dienone is 2.